The zero-order valence-corrected chi connectivity index (χ0v) is 20.9. The van der Waals surface area contributed by atoms with E-state index >= 15 is 0 Å². The summed E-state index contributed by atoms with van der Waals surface area (Å²) in [6.45, 7) is 7.29. The first-order valence-corrected chi connectivity index (χ1v) is 11.6. The summed E-state index contributed by atoms with van der Waals surface area (Å²) >= 11 is 0. The number of nitrogens with one attached hydrogen (secondary N) is 2. The highest BCUT2D eigenvalue weighted by molar-refractivity contribution is 5.77. The molecule has 4 N–H and O–H groups in total. The number of anilines is 2. The van der Waals surface area contributed by atoms with E-state index in [1.54, 1.807) is 24.3 Å². The van der Waals surface area contributed by atoms with Crippen LogP contribution in [0.4, 0.5) is 11.4 Å². The van der Waals surface area contributed by atoms with Crippen molar-refractivity contribution < 1.29 is 29.3 Å². The lowest BCUT2D eigenvalue weighted by molar-refractivity contribution is -0.152. The van der Waals surface area contributed by atoms with Crippen molar-refractivity contribution in [3.05, 3.63) is 83.9 Å². The molecule has 8 nitrogen and oxygen atoms in total. The molecule has 0 spiro atoms. The SMILES string of the molecule is CC(C)(Oc1ccc(NCc2cccc(CNc3ccc(OC(C)(C)C(=O)O)cc3)c2)cc1)C(=O)O. The Balaban J connectivity index is 1.51. The first-order chi connectivity index (χ1) is 16.9. The summed E-state index contributed by atoms with van der Waals surface area (Å²) in [5.74, 6) is -1.06. The molecule has 3 rings (SSSR count). The van der Waals surface area contributed by atoms with Crippen LogP contribution in [-0.2, 0) is 22.7 Å². The second-order valence-corrected chi connectivity index (χ2v) is 9.41. The number of aliphatic carboxylic acids is 2. The van der Waals surface area contributed by atoms with E-state index in [1.165, 1.54) is 27.7 Å². The van der Waals surface area contributed by atoms with Crippen molar-refractivity contribution in [3.8, 4) is 11.5 Å². The van der Waals surface area contributed by atoms with E-state index in [1.807, 2.05) is 42.5 Å². The molecule has 0 saturated carbocycles. The predicted octanol–water partition coefficient (Wildman–Crippen LogP) is 5.39. The lowest BCUT2D eigenvalue weighted by Gasteiger charge is -2.21. The number of hydrogen-bond donors (Lipinski definition) is 4. The standard InChI is InChI=1S/C28H32N2O6/c1-27(2,25(31)32)35-23-12-8-21(9-13-23)29-17-19-6-5-7-20(16-19)18-30-22-10-14-24(15-11-22)36-28(3,4)26(33)34/h5-16,29-30H,17-18H2,1-4H3,(H,31,32)(H,33,34). The molecule has 0 aliphatic carbocycles. The molecule has 190 valence electrons. The minimum atomic E-state index is -1.30. The average molecular weight is 493 g/mol. The fraction of sp³-hybridized carbons (Fsp3) is 0.286. The van der Waals surface area contributed by atoms with E-state index in [2.05, 4.69) is 16.7 Å². The Kier molecular flexibility index (Phi) is 8.09. The van der Waals surface area contributed by atoms with Crippen molar-refractivity contribution in [3.63, 3.8) is 0 Å². The molecule has 0 aliphatic rings. The number of rotatable bonds is 12. The number of carbonyl (C=O) groups is 2. The second-order valence-electron chi connectivity index (χ2n) is 9.41. The van der Waals surface area contributed by atoms with Gasteiger partial charge in [0.05, 0.1) is 0 Å². The van der Waals surface area contributed by atoms with Crippen LogP contribution in [0.25, 0.3) is 0 Å². The topological polar surface area (TPSA) is 117 Å². The molecule has 0 heterocycles. The zero-order valence-electron chi connectivity index (χ0n) is 20.9. The molecule has 0 fully saturated rings. The smallest absolute Gasteiger partial charge is 0.347 e. The highest BCUT2D eigenvalue weighted by atomic mass is 16.5. The van der Waals surface area contributed by atoms with Crippen molar-refractivity contribution in [1.82, 2.24) is 0 Å². The first kappa shape index (κ1) is 26.4. The van der Waals surface area contributed by atoms with E-state index in [0.717, 1.165) is 22.5 Å². The van der Waals surface area contributed by atoms with Gasteiger partial charge in [-0.15, -0.1) is 0 Å². The van der Waals surface area contributed by atoms with Crippen LogP contribution in [0.5, 0.6) is 11.5 Å². The minimum absolute atomic E-state index is 0.492. The minimum Gasteiger partial charge on any atom is -0.478 e. The maximum Gasteiger partial charge on any atom is 0.347 e. The van der Waals surface area contributed by atoms with E-state index in [0.29, 0.717) is 24.6 Å². The Morgan fingerprint density at radius 2 is 1.03 bits per heavy atom. The lowest BCUT2D eigenvalue weighted by Crippen LogP contribution is -2.37. The van der Waals surface area contributed by atoms with Crippen LogP contribution in [0.1, 0.15) is 38.8 Å². The Bertz CT molecular complexity index is 1100. The second kappa shape index (κ2) is 11.0. The van der Waals surface area contributed by atoms with Gasteiger partial charge >= 0.3 is 11.9 Å². The summed E-state index contributed by atoms with van der Waals surface area (Å²) in [5, 5.41) is 25.1. The molecule has 0 radical (unpaired) electrons. The number of carboxylic acid groups (broad SMARTS) is 2. The third kappa shape index (κ3) is 7.40. The van der Waals surface area contributed by atoms with Gasteiger partial charge in [-0.25, -0.2) is 9.59 Å². The molecule has 0 aromatic heterocycles. The molecular weight excluding hydrogens is 460 g/mol. The van der Waals surface area contributed by atoms with Crippen LogP contribution < -0.4 is 20.1 Å². The van der Waals surface area contributed by atoms with Crippen LogP contribution in [0.2, 0.25) is 0 Å². The van der Waals surface area contributed by atoms with Gasteiger partial charge in [0, 0.05) is 24.5 Å². The molecule has 0 unspecified atom stereocenters. The number of carboxylic acids is 2. The van der Waals surface area contributed by atoms with Crippen molar-refractivity contribution in [1.29, 1.82) is 0 Å². The first-order valence-electron chi connectivity index (χ1n) is 11.6. The molecular formula is C28H32N2O6. The largest absolute Gasteiger partial charge is 0.478 e. The summed E-state index contributed by atoms with van der Waals surface area (Å²) in [6, 6.07) is 22.6. The third-order valence-corrected chi connectivity index (χ3v) is 5.47. The van der Waals surface area contributed by atoms with E-state index < -0.39 is 23.1 Å². The van der Waals surface area contributed by atoms with E-state index in [-0.39, 0.29) is 0 Å². The van der Waals surface area contributed by atoms with Gasteiger partial charge in [0.2, 0.25) is 0 Å². The fourth-order valence-corrected chi connectivity index (χ4v) is 3.22. The summed E-state index contributed by atoms with van der Waals surface area (Å²) in [7, 11) is 0. The molecule has 0 bridgehead atoms. The van der Waals surface area contributed by atoms with Gasteiger partial charge in [0.25, 0.3) is 0 Å². The zero-order chi connectivity index (χ0) is 26.3. The summed E-state index contributed by atoms with van der Waals surface area (Å²) in [5.41, 5.74) is 1.43. The third-order valence-electron chi connectivity index (χ3n) is 5.47. The van der Waals surface area contributed by atoms with Crippen molar-refractivity contribution in [2.75, 3.05) is 10.6 Å². The van der Waals surface area contributed by atoms with E-state index in [9.17, 15) is 19.8 Å². The van der Waals surface area contributed by atoms with Crippen LogP contribution in [0.15, 0.2) is 72.8 Å². The van der Waals surface area contributed by atoms with Gasteiger partial charge in [0.15, 0.2) is 11.2 Å². The van der Waals surface area contributed by atoms with Crippen LogP contribution >= 0.6 is 0 Å². The van der Waals surface area contributed by atoms with Crippen molar-refractivity contribution in [2.24, 2.45) is 0 Å². The Morgan fingerprint density at radius 3 is 1.36 bits per heavy atom. The number of hydrogen-bond acceptors (Lipinski definition) is 6. The highest BCUT2D eigenvalue weighted by Crippen LogP contribution is 2.23. The maximum absolute atomic E-state index is 11.2. The molecule has 0 aliphatic heterocycles. The normalized spacial score (nSPS) is 11.4. The summed E-state index contributed by atoms with van der Waals surface area (Å²) in [4.78, 5) is 22.4. The molecule has 0 amide bonds. The quantitative estimate of drug-likeness (QED) is 0.266. The van der Waals surface area contributed by atoms with Gasteiger partial charge in [0.1, 0.15) is 11.5 Å². The monoisotopic (exact) mass is 492 g/mol. The Hall–Kier alpha value is -4.20. The predicted molar refractivity (Wildman–Crippen MR) is 139 cm³/mol. The molecule has 3 aromatic carbocycles. The van der Waals surface area contributed by atoms with Crippen molar-refractivity contribution in [2.45, 2.75) is 52.0 Å². The number of ether oxygens (including phenoxy) is 2. The van der Waals surface area contributed by atoms with Crippen LogP contribution in [0, 0.1) is 0 Å². The van der Waals surface area contributed by atoms with Gasteiger partial charge in [-0.3, -0.25) is 0 Å². The van der Waals surface area contributed by atoms with Gasteiger partial charge in [-0.05, 0) is 87.4 Å². The molecule has 3 aromatic rings. The molecule has 0 atom stereocenters. The average Bonchev–Trinajstić information content (AvgIpc) is 2.83. The summed E-state index contributed by atoms with van der Waals surface area (Å²) < 4.78 is 11.1. The Morgan fingerprint density at radius 1 is 0.667 bits per heavy atom. The van der Waals surface area contributed by atoms with Gasteiger partial charge in [-0.2, -0.15) is 0 Å². The molecule has 36 heavy (non-hydrogen) atoms. The maximum atomic E-state index is 11.2. The molecule has 8 heteroatoms. The Labute approximate surface area is 210 Å². The van der Waals surface area contributed by atoms with Gasteiger partial charge in [-0.1, -0.05) is 24.3 Å². The highest BCUT2D eigenvalue weighted by Gasteiger charge is 2.30. The van der Waals surface area contributed by atoms with E-state index in [4.69, 9.17) is 9.47 Å². The lowest BCUT2D eigenvalue weighted by atomic mass is 10.1. The van der Waals surface area contributed by atoms with Crippen LogP contribution in [-0.4, -0.2) is 33.4 Å². The van der Waals surface area contributed by atoms with Crippen LogP contribution in [0.3, 0.4) is 0 Å². The summed E-state index contributed by atoms with van der Waals surface area (Å²) in [6.07, 6.45) is 0. The molecule has 0 saturated heterocycles. The van der Waals surface area contributed by atoms with Crippen molar-refractivity contribution >= 4 is 23.3 Å². The fourth-order valence-electron chi connectivity index (χ4n) is 3.22. The van der Waals surface area contributed by atoms with Gasteiger partial charge < -0.3 is 30.3 Å². The number of benzene rings is 3.